The van der Waals surface area contributed by atoms with Crippen LogP contribution in [0.25, 0.3) is 0 Å². The summed E-state index contributed by atoms with van der Waals surface area (Å²) in [5.41, 5.74) is 8.06. The molecule has 0 aromatic heterocycles. The number of nitrogen functional groups attached to an aromatic ring is 1. The topological polar surface area (TPSA) is 38.5 Å². The average molecular weight is 234 g/mol. The van der Waals surface area contributed by atoms with E-state index >= 15 is 0 Å². The summed E-state index contributed by atoms with van der Waals surface area (Å²) in [6.45, 7) is 5.70. The van der Waals surface area contributed by atoms with E-state index in [1.54, 1.807) is 7.11 Å². The lowest BCUT2D eigenvalue weighted by atomic mass is 9.93. The van der Waals surface area contributed by atoms with Crippen LogP contribution >= 0.6 is 0 Å². The summed E-state index contributed by atoms with van der Waals surface area (Å²) >= 11 is 0. The smallest absolute Gasteiger partial charge is 0.121 e. The number of hydrogen-bond acceptors (Lipinski definition) is 3. The molecule has 0 bridgehead atoms. The molecule has 1 aromatic rings. The number of benzene rings is 1. The van der Waals surface area contributed by atoms with E-state index in [0.29, 0.717) is 6.04 Å². The van der Waals surface area contributed by atoms with Gasteiger partial charge in [-0.25, -0.2) is 0 Å². The maximum atomic E-state index is 6.10. The molecule has 0 aliphatic carbocycles. The van der Waals surface area contributed by atoms with Crippen molar-refractivity contribution in [2.24, 2.45) is 5.92 Å². The normalized spacial score (nSPS) is 24.8. The molecule has 0 radical (unpaired) electrons. The second-order valence-electron chi connectivity index (χ2n) is 5.10. The van der Waals surface area contributed by atoms with Crippen LogP contribution in [0.5, 0.6) is 5.75 Å². The van der Waals surface area contributed by atoms with E-state index in [2.05, 4.69) is 24.8 Å². The van der Waals surface area contributed by atoms with Crippen molar-refractivity contribution in [1.29, 1.82) is 0 Å². The molecule has 1 aromatic carbocycles. The van der Waals surface area contributed by atoms with Gasteiger partial charge in [0.15, 0.2) is 0 Å². The van der Waals surface area contributed by atoms with Crippen molar-refractivity contribution in [3.8, 4) is 5.75 Å². The van der Waals surface area contributed by atoms with Gasteiger partial charge < -0.3 is 15.4 Å². The first kappa shape index (κ1) is 12.1. The Labute approximate surface area is 104 Å². The third-order valence-corrected chi connectivity index (χ3v) is 3.68. The summed E-state index contributed by atoms with van der Waals surface area (Å²) in [5, 5.41) is 0. The fraction of sp³-hybridized carbons (Fsp3) is 0.571. The number of piperidine rings is 1. The van der Waals surface area contributed by atoms with Crippen molar-refractivity contribution >= 4 is 11.4 Å². The molecule has 1 fully saturated rings. The molecule has 3 nitrogen and oxygen atoms in total. The lowest BCUT2D eigenvalue weighted by Gasteiger charge is -2.38. The number of nitrogens with two attached hydrogens (primary N) is 1. The van der Waals surface area contributed by atoms with Gasteiger partial charge in [-0.05, 0) is 37.8 Å². The predicted octanol–water partition coefficient (Wildman–Crippen LogP) is 2.90. The molecule has 2 atom stereocenters. The second kappa shape index (κ2) is 4.86. The van der Waals surface area contributed by atoms with Gasteiger partial charge in [0.1, 0.15) is 5.75 Å². The standard InChI is InChI=1S/C14H22N2O/c1-10-6-7-16(11(2)8-10)14-5-4-12(17-3)9-13(14)15/h4-5,9-11H,6-8,15H2,1-3H3. The van der Waals surface area contributed by atoms with Gasteiger partial charge in [-0.1, -0.05) is 6.92 Å². The molecule has 3 heteroatoms. The highest BCUT2D eigenvalue weighted by Crippen LogP contribution is 2.33. The van der Waals surface area contributed by atoms with Crippen LogP contribution in [0.3, 0.4) is 0 Å². The third-order valence-electron chi connectivity index (χ3n) is 3.68. The van der Waals surface area contributed by atoms with E-state index in [9.17, 15) is 0 Å². The Balaban J connectivity index is 2.22. The zero-order valence-electron chi connectivity index (χ0n) is 10.9. The molecular weight excluding hydrogens is 212 g/mol. The van der Waals surface area contributed by atoms with Gasteiger partial charge >= 0.3 is 0 Å². The maximum absolute atomic E-state index is 6.10. The van der Waals surface area contributed by atoms with Gasteiger partial charge in [0.05, 0.1) is 18.5 Å². The molecule has 2 N–H and O–H groups in total. The Morgan fingerprint density at radius 2 is 2.12 bits per heavy atom. The molecule has 1 saturated heterocycles. The van der Waals surface area contributed by atoms with E-state index in [1.807, 2.05) is 12.1 Å². The number of ether oxygens (including phenoxy) is 1. The van der Waals surface area contributed by atoms with Crippen LogP contribution in [-0.4, -0.2) is 19.7 Å². The van der Waals surface area contributed by atoms with Gasteiger partial charge in [-0.15, -0.1) is 0 Å². The van der Waals surface area contributed by atoms with Crippen LogP contribution in [0.4, 0.5) is 11.4 Å². The molecule has 17 heavy (non-hydrogen) atoms. The molecule has 2 unspecified atom stereocenters. The molecule has 0 saturated carbocycles. The number of anilines is 2. The molecular formula is C14H22N2O. The summed E-state index contributed by atoms with van der Waals surface area (Å²) in [5.74, 6) is 1.64. The predicted molar refractivity (Wildman–Crippen MR) is 72.6 cm³/mol. The largest absolute Gasteiger partial charge is 0.497 e. The lowest BCUT2D eigenvalue weighted by Crippen LogP contribution is -2.40. The molecule has 2 rings (SSSR count). The van der Waals surface area contributed by atoms with E-state index in [1.165, 1.54) is 12.8 Å². The SMILES string of the molecule is COc1ccc(N2CCC(C)CC2C)c(N)c1. The highest BCUT2D eigenvalue weighted by molar-refractivity contribution is 5.70. The Kier molecular flexibility index (Phi) is 3.46. The van der Waals surface area contributed by atoms with Crippen LogP contribution in [0.1, 0.15) is 26.7 Å². The quantitative estimate of drug-likeness (QED) is 0.800. The fourth-order valence-corrected chi connectivity index (χ4v) is 2.69. The minimum atomic E-state index is 0.564. The molecule has 0 amide bonds. The van der Waals surface area contributed by atoms with Crippen molar-refractivity contribution < 1.29 is 4.74 Å². The summed E-state index contributed by atoms with van der Waals surface area (Å²) < 4.78 is 5.18. The van der Waals surface area contributed by atoms with Crippen LogP contribution in [0, 0.1) is 5.92 Å². The lowest BCUT2D eigenvalue weighted by molar-refractivity contribution is 0.378. The zero-order valence-corrected chi connectivity index (χ0v) is 10.9. The Hall–Kier alpha value is -1.38. The highest BCUT2D eigenvalue weighted by atomic mass is 16.5. The number of hydrogen-bond donors (Lipinski definition) is 1. The number of methoxy groups -OCH3 is 1. The number of rotatable bonds is 2. The van der Waals surface area contributed by atoms with Crippen LogP contribution in [0.2, 0.25) is 0 Å². The summed E-state index contributed by atoms with van der Waals surface area (Å²) in [6, 6.07) is 6.52. The Morgan fingerprint density at radius 1 is 1.35 bits per heavy atom. The highest BCUT2D eigenvalue weighted by Gasteiger charge is 2.24. The molecule has 1 aliphatic rings. The first-order chi connectivity index (χ1) is 8.11. The van der Waals surface area contributed by atoms with Gasteiger partial charge in [-0.3, -0.25) is 0 Å². The van der Waals surface area contributed by atoms with Crippen LogP contribution in [0.15, 0.2) is 18.2 Å². The Bertz CT molecular complexity index is 392. The van der Waals surface area contributed by atoms with Gasteiger partial charge in [-0.2, -0.15) is 0 Å². The molecule has 94 valence electrons. The van der Waals surface area contributed by atoms with Crippen molar-refractivity contribution in [2.75, 3.05) is 24.3 Å². The summed E-state index contributed by atoms with van der Waals surface area (Å²) in [7, 11) is 1.67. The van der Waals surface area contributed by atoms with Crippen LogP contribution < -0.4 is 15.4 Å². The Morgan fingerprint density at radius 3 is 2.71 bits per heavy atom. The first-order valence-corrected chi connectivity index (χ1v) is 6.32. The summed E-state index contributed by atoms with van der Waals surface area (Å²) in [6.07, 6.45) is 2.49. The third kappa shape index (κ3) is 2.48. The fourth-order valence-electron chi connectivity index (χ4n) is 2.69. The van der Waals surface area contributed by atoms with Gasteiger partial charge in [0.2, 0.25) is 0 Å². The first-order valence-electron chi connectivity index (χ1n) is 6.32. The minimum absolute atomic E-state index is 0.564. The molecule has 0 spiro atoms. The van der Waals surface area contributed by atoms with E-state index in [4.69, 9.17) is 10.5 Å². The van der Waals surface area contributed by atoms with Crippen molar-refractivity contribution in [3.63, 3.8) is 0 Å². The summed E-state index contributed by atoms with van der Waals surface area (Å²) in [4.78, 5) is 2.41. The number of nitrogens with zero attached hydrogens (tertiary/aromatic N) is 1. The monoisotopic (exact) mass is 234 g/mol. The van der Waals surface area contributed by atoms with Crippen molar-refractivity contribution in [1.82, 2.24) is 0 Å². The van der Waals surface area contributed by atoms with E-state index in [0.717, 1.165) is 29.6 Å². The van der Waals surface area contributed by atoms with Crippen molar-refractivity contribution in [2.45, 2.75) is 32.7 Å². The van der Waals surface area contributed by atoms with E-state index < -0.39 is 0 Å². The van der Waals surface area contributed by atoms with Crippen LogP contribution in [-0.2, 0) is 0 Å². The van der Waals surface area contributed by atoms with E-state index in [-0.39, 0.29) is 0 Å². The zero-order chi connectivity index (χ0) is 12.4. The molecule has 1 heterocycles. The van der Waals surface area contributed by atoms with Gasteiger partial charge in [0.25, 0.3) is 0 Å². The van der Waals surface area contributed by atoms with Gasteiger partial charge in [0, 0.05) is 18.7 Å². The second-order valence-corrected chi connectivity index (χ2v) is 5.10. The minimum Gasteiger partial charge on any atom is -0.497 e. The average Bonchev–Trinajstić information content (AvgIpc) is 2.30. The maximum Gasteiger partial charge on any atom is 0.121 e. The van der Waals surface area contributed by atoms with Crippen molar-refractivity contribution in [3.05, 3.63) is 18.2 Å². The molecule has 1 aliphatic heterocycles.